The van der Waals surface area contributed by atoms with E-state index in [0.717, 1.165) is 0 Å². The van der Waals surface area contributed by atoms with E-state index in [9.17, 15) is 5.11 Å². The van der Waals surface area contributed by atoms with E-state index >= 15 is 0 Å². The Hall–Kier alpha value is -0.160. The summed E-state index contributed by atoms with van der Waals surface area (Å²) >= 11 is 0. The van der Waals surface area contributed by atoms with Crippen LogP contribution >= 0.6 is 0 Å². The molecule has 80 valence electrons. The largest absolute Gasteiger partial charge is 0.387 e. The molecular weight excluding hydrogens is 172 g/mol. The Bertz CT molecular complexity index is 134. The summed E-state index contributed by atoms with van der Waals surface area (Å²) in [5, 5.41) is 18.3. The molecule has 0 saturated heterocycles. The van der Waals surface area contributed by atoms with Gasteiger partial charge in [-0.05, 0) is 20.3 Å². The third kappa shape index (κ3) is 3.23. The van der Waals surface area contributed by atoms with Crippen LogP contribution in [0.15, 0.2) is 0 Å². The summed E-state index contributed by atoms with van der Waals surface area (Å²) < 4.78 is 10.1. The number of methoxy groups -OCH3 is 1. The maximum atomic E-state index is 9.81. The number of aliphatic hydroxyl groups excluding tert-OH is 2. The van der Waals surface area contributed by atoms with Crippen LogP contribution in [0.2, 0.25) is 0 Å². The fourth-order valence-electron chi connectivity index (χ4n) is 1.18. The quantitative estimate of drug-likeness (QED) is 0.602. The summed E-state index contributed by atoms with van der Waals surface area (Å²) in [6, 6.07) is 0. The van der Waals surface area contributed by atoms with Crippen molar-refractivity contribution in [2.45, 2.75) is 45.0 Å². The van der Waals surface area contributed by atoms with Crippen molar-refractivity contribution in [1.82, 2.24) is 0 Å². The molecule has 0 aromatic carbocycles. The Morgan fingerprint density at radius 1 is 1.46 bits per heavy atom. The van der Waals surface area contributed by atoms with Crippen molar-refractivity contribution in [3.05, 3.63) is 0 Å². The lowest BCUT2D eigenvalue weighted by Gasteiger charge is -2.35. The highest BCUT2D eigenvalue weighted by molar-refractivity contribution is 4.86. The van der Waals surface area contributed by atoms with E-state index in [-0.39, 0.29) is 6.79 Å². The van der Waals surface area contributed by atoms with Gasteiger partial charge in [0.05, 0.1) is 11.7 Å². The molecule has 0 aromatic heterocycles. The Morgan fingerprint density at radius 2 is 2.00 bits per heavy atom. The fourth-order valence-corrected chi connectivity index (χ4v) is 1.18. The van der Waals surface area contributed by atoms with Crippen molar-refractivity contribution in [3.63, 3.8) is 0 Å². The lowest BCUT2D eigenvalue weighted by atomic mass is 9.92. The number of ether oxygens (including phenoxy) is 2. The van der Waals surface area contributed by atoms with E-state index in [1.807, 2.05) is 13.8 Å². The number of rotatable bonds is 6. The summed E-state index contributed by atoms with van der Waals surface area (Å²) in [7, 11) is 1.55. The zero-order valence-corrected chi connectivity index (χ0v) is 8.78. The van der Waals surface area contributed by atoms with Gasteiger partial charge in [-0.2, -0.15) is 0 Å². The maximum absolute atomic E-state index is 9.81. The molecule has 0 aliphatic carbocycles. The van der Waals surface area contributed by atoms with Crippen LogP contribution in [0.3, 0.4) is 0 Å². The van der Waals surface area contributed by atoms with E-state index in [0.29, 0.717) is 6.42 Å². The van der Waals surface area contributed by atoms with Crippen LogP contribution < -0.4 is 0 Å². The molecule has 0 saturated carbocycles. The van der Waals surface area contributed by atoms with Crippen LogP contribution in [0.25, 0.3) is 0 Å². The van der Waals surface area contributed by atoms with Gasteiger partial charge in [0.25, 0.3) is 0 Å². The highest BCUT2D eigenvalue weighted by Crippen LogP contribution is 2.22. The summed E-state index contributed by atoms with van der Waals surface area (Å²) in [6.45, 7) is 5.06. The first kappa shape index (κ1) is 12.8. The van der Waals surface area contributed by atoms with E-state index < -0.39 is 17.8 Å². The minimum absolute atomic E-state index is 0.387. The Labute approximate surface area is 79.5 Å². The normalized spacial score (nSPS) is 20.8. The molecule has 4 nitrogen and oxygen atoms in total. The fraction of sp³-hybridized carbons (Fsp3) is 1.00. The van der Waals surface area contributed by atoms with Crippen LogP contribution in [-0.4, -0.2) is 41.9 Å². The number of aliphatic hydroxyl groups is 2. The second-order valence-electron chi connectivity index (χ2n) is 3.32. The maximum Gasteiger partial charge on any atom is 0.144 e. The van der Waals surface area contributed by atoms with E-state index in [1.54, 1.807) is 14.0 Å². The van der Waals surface area contributed by atoms with Crippen LogP contribution in [0.4, 0.5) is 0 Å². The van der Waals surface area contributed by atoms with E-state index in [1.165, 1.54) is 0 Å². The van der Waals surface area contributed by atoms with Crippen molar-refractivity contribution in [2.24, 2.45) is 0 Å². The minimum atomic E-state index is -0.741. The van der Waals surface area contributed by atoms with Gasteiger partial charge >= 0.3 is 0 Å². The Kier molecular flexibility index (Phi) is 5.48. The smallest absolute Gasteiger partial charge is 0.144 e. The third-order valence-electron chi connectivity index (χ3n) is 2.58. The molecule has 13 heavy (non-hydrogen) atoms. The minimum Gasteiger partial charge on any atom is -0.387 e. The van der Waals surface area contributed by atoms with Gasteiger partial charge in [0.1, 0.15) is 12.9 Å². The number of hydrogen-bond acceptors (Lipinski definition) is 4. The first-order valence-electron chi connectivity index (χ1n) is 4.47. The van der Waals surface area contributed by atoms with Crippen molar-refractivity contribution in [3.8, 4) is 0 Å². The Balaban J connectivity index is 4.27. The summed E-state index contributed by atoms with van der Waals surface area (Å²) in [5.74, 6) is 0. The molecule has 2 N–H and O–H groups in total. The van der Waals surface area contributed by atoms with Crippen molar-refractivity contribution in [1.29, 1.82) is 0 Å². The number of hydrogen-bond donors (Lipinski definition) is 2. The van der Waals surface area contributed by atoms with Gasteiger partial charge in [-0.25, -0.2) is 0 Å². The van der Waals surface area contributed by atoms with Gasteiger partial charge in [-0.15, -0.1) is 0 Å². The van der Waals surface area contributed by atoms with Gasteiger partial charge in [0.2, 0.25) is 0 Å². The predicted octanol–water partition coefficient (Wildman–Crippen LogP) is 0.517. The summed E-state index contributed by atoms with van der Waals surface area (Å²) in [6.07, 6.45) is -0.492. The van der Waals surface area contributed by atoms with Gasteiger partial charge in [-0.1, -0.05) is 6.92 Å². The molecule has 0 radical (unpaired) electrons. The van der Waals surface area contributed by atoms with Crippen LogP contribution in [0, 0.1) is 0 Å². The molecule has 0 fully saturated rings. The lowest BCUT2D eigenvalue weighted by molar-refractivity contribution is -0.165. The molecule has 0 aromatic rings. The molecule has 0 bridgehead atoms. The molecule has 0 aliphatic heterocycles. The average Bonchev–Trinajstić information content (AvgIpc) is 2.16. The van der Waals surface area contributed by atoms with Crippen LogP contribution in [0.5, 0.6) is 0 Å². The van der Waals surface area contributed by atoms with E-state index in [4.69, 9.17) is 14.6 Å². The van der Waals surface area contributed by atoms with Crippen LogP contribution in [-0.2, 0) is 9.47 Å². The highest BCUT2D eigenvalue weighted by Gasteiger charge is 2.35. The van der Waals surface area contributed by atoms with Gasteiger partial charge in [0, 0.05) is 7.11 Å². The van der Waals surface area contributed by atoms with Gasteiger partial charge < -0.3 is 19.7 Å². The Morgan fingerprint density at radius 3 is 2.31 bits per heavy atom. The molecule has 0 unspecified atom stereocenters. The highest BCUT2D eigenvalue weighted by atomic mass is 16.6. The van der Waals surface area contributed by atoms with Gasteiger partial charge in [-0.3, -0.25) is 0 Å². The van der Waals surface area contributed by atoms with E-state index in [2.05, 4.69) is 0 Å². The van der Waals surface area contributed by atoms with Gasteiger partial charge in [0.15, 0.2) is 0 Å². The molecule has 4 heteroatoms. The zero-order chi connectivity index (χ0) is 10.5. The standard InChI is InChI=1S/C9H20O4/c1-5-9(3,12-4)8(11)7(2)13-6-10/h7-8,10-11H,5-6H2,1-4H3/t7-,8-,9-/m0/s1. The molecule has 0 rings (SSSR count). The first-order valence-corrected chi connectivity index (χ1v) is 4.47. The lowest BCUT2D eigenvalue weighted by Crippen LogP contribution is -2.47. The summed E-state index contributed by atoms with van der Waals surface area (Å²) in [4.78, 5) is 0. The molecule has 0 amide bonds. The third-order valence-corrected chi connectivity index (χ3v) is 2.58. The first-order chi connectivity index (χ1) is 6.01. The van der Waals surface area contributed by atoms with Crippen molar-refractivity contribution < 1.29 is 19.7 Å². The zero-order valence-electron chi connectivity index (χ0n) is 8.78. The molecule has 0 spiro atoms. The second-order valence-corrected chi connectivity index (χ2v) is 3.32. The molecule has 3 atom stereocenters. The summed E-state index contributed by atoms with van der Waals surface area (Å²) in [5.41, 5.74) is -0.616. The predicted molar refractivity (Wildman–Crippen MR) is 49.3 cm³/mol. The monoisotopic (exact) mass is 192 g/mol. The molecule has 0 aliphatic rings. The molecule has 0 heterocycles. The van der Waals surface area contributed by atoms with Crippen molar-refractivity contribution in [2.75, 3.05) is 13.9 Å². The SMILES string of the molecule is CC[C@](C)(OC)[C@@H](O)[C@H](C)OCO. The topological polar surface area (TPSA) is 58.9 Å². The second kappa shape index (κ2) is 5.54. The molecular formula is C9H20O4. The van der Waals surface area contributed by atoms with Crippen molar-refractivity contribution >= 4 is 0 Å². The average molecular weight is 192 g/mol. The van der Waals surface area contributed by atoms with Crippen LogP contribution in [0.1, 0.15) is 27.2 Å².